The highest BCUT2D eigenvalue weighted by atomic mass is 15.3. The molecule has 0 spiro atoms. The van der Waals surface area contributed by atoms with E-state index in [9.17, 15) is 0 Å². The van der Waals surface area contributed by atoms with Crippen LogP contribution in [0.5, 0.6) is 0 Å². The molecular weight excluding hydrogens is 212 g/mol. The van der Waals surface area contributed by atoms with Crippen LogP contribution >= 0.6 is 0 Å². The summed E-state index contributed by atoms with van der Waals surface area (Å²) in [6.45, 7) is 6.97. The summed E-state index contributed by atoms with van der Waals surface area (Å²) in [6, 6.07) is 0. The molecule has 0 aromatic carbocycles. The van der Waals surface area contributed by atoms with Gasteiger partial charge in [-0.2, -0.15) is 0 Å². The maximum atomic E-state index is 5.62. The van der Waals surface area contributed by atoms with Crippen LogP contribution < -0.4 is 10.6 Å². The highest BCUT2D eigenvalue weighted by molar-refractivity contribution is 5.34. The number of aryl methyl sites for hydroxylation is 1. The molecule has 17 heavy (non-hydrogen) atoms. The average Bonchev–Trinajstić information content (AvgIpc) is 2.78. The van der Waals surface area contributed by atoms with Gasteiger partial charge in [0.15, 0.2) is 0 Å². The van der Waals surface area contributed by atoms with Crippen LogP contribution in [-0.4, -0.2) is 23.1 Å². The van der Waals surface area contributed by atoms with Gasteiger partial charge in [0.2, 0.25) is 5.95 Å². The fourth-order valence-corrected chi connectivity index (χ4v) is 2.49. The van der Waals surface area contributed by atoms with E-state index < -0.39 is 0 Å². The number of nitrogens with zero attached hydrogens (tertiary/aromatic N) is 3. The zero-order chi connectivity index (χ0) is 12.3. The van der Waals surface area contributed by atoms with E-state index in [1.165, 1.54) is 19.3 Å². The van der Waals surface area contributed by atoms with Crippen molar-refractivity contribution in [2.75, 3.05) is 18.0 Å². The Bertz CT molecular complexity index is 378. The number of rotatable bonds is 4. The highest BCUT2D eigenvalue weighted by Gasteiger charge is 2.23. The lowest BCUT2D eigenvalue weighted by Crippen LogP contribution is -2.22. The molecule has 1 aliphatic heterocycles. The highest BCUT2D eigenvalue weighted by Crippen LogP contribution is 2.24. The van der Waals surface area contributed by atoms with Crippen LogP contribution in [0.25, 0.3) is 0 Å². The summed E-state index contributed by atoms with van der Waals surface area (Å²) >= 11 is 0. The standard InChI is InChI=1S/C13H22N4/c1-3-4-11-5-6-17(9-11)13-15-8-12(7-14)10(2)16-13/h8,11H,3-7,9,14H2,1-2H3. The van der Waals surface area contributed by atoms with Gasteiger partial charge in [-0.1, -0.05) is 13.3 Å². The van der Waals surface area contributed by atoms with E-state index in [0.29, 0.717) is 6.54 Å². The van der Waals surface area contributed by atoms with Gasteiger partial charge in [-0.3, -0.25) is 0 Å². The molecule has 4 heteroatoms. The van der Waals surface area contributed by atoms with Crippen molar-refractivity contribution in [3.05, 3.63) is 17.5 Å². The second-order valence-corrected chi connectivity index (χ2v) is 4.87. The quantitative estimate of drug-likeness (QED) is 0.864. The summed E-state index contributed by atoms with van der Waals surface area (Å²) in [5, 5.41) is 0. The van der Waals surface area contributed by atoms with E-state index in [1.54, 1.807) is 0 Å². The molecule has 1 saturated heterocycles. The van der Waals surface area contributed by atoms with Crippen LogP contribution in [0.2, 0.25) is 0 Å². The molecule has 0 amide bonds. The molecular formula is C13H22N4. The van der Waals surface area contributed by atoms with Crippen molar-refractivity contribution in [1.29, 1.82) is 0 Å². The van der Waals surface area contributed by atoms with Crippen molar-refractivity contribution in [1.82, 2.24) is 9.97 Å². The third kappa shape index (κ3) is 2.75. The maximum absolute atomic E-state index is 5.62. The van der Waals surface area contributed by atoms with Gasteiger partial charge in [0, 0.05) is 37.1 Å². The Kier molecular flexibility index (Phi) is 3.94. The van der Waals surface area contributed by atoms with Gasteiger partial charge < -0.3 is 10.6 Å². The topological polar surface area (TPSA) is 55.0 Å². The average molecular weight is 234 g/mol. The van der Waals surface area contributed by atoms with E-state index in [-0.39, 0.29) is 0 Å². The SMILES string of the molecule is CCCC1CCN(c2ncc(CN)c(C)n2)C1. The van der Waals surface area contributed by atoms with Crippen molar-refractivity contribution in [2.45, 2.75) is 39.7 Å². The molecule has 0 saturated carbocycles. The Morgan fingerprint density at radius 3 is 3.00 bits per heavy atom. The molecule has 4 nitrogen and oxygen atoms in total. The van der Waals surface area contributed by atoms with Gasteiger partial charge in [0.25, 0.3) is 0 Å². The summed E-state index contributed by atoms with van der Waals surface area (Å²) in [5.74, 6) is 1.69. The molecule has 2 rings (SSSR count). The zero-order valence-corrected chi connectivity index (χ0v) is 10.8. The number of anilines is 1. The Labute approximate surface area is 103 Å². The predicted octanol–water partition coefficient (Wildman–Crippen LogP) is 1.87. The molecule has 1 aliphatic rings. The lowest BCUT2D eigenvalue weighted by molar-refractivity contribution is 0.529. The smallest absolute Gasteiger partial charge is 0.225 e. The molecule has 1 aromatic rings. The fraction of sp³-hybridized carbons (Fsp3) is 0.692. The Morgan fingerprint density at radius 2 is 2.35 bits per heavy atom. The number of hydrogen-bond acceptors (Lipinski definition) is 4. The van der Waals surface area contributed by atoms with Crippen LogP contribution in [0.1, 0.15) is 37.4 Å². The Hall–Kier alpha value is -1.16. The number of aromatic nitrogens is 2. The van der Waals surface area contributed by atoms with Crippen molar-refractivity contribution in [3.8, 4) is 0 Å². The van der Waals surface area contributed by atoms with Crippen LogP contribution in [0.15, 0.2) is 6.20 Å². The van der Waals surface area contributed by atoms with Gasteiger partial charge in [-0.25, -0.2) is 9.97 Å². The van der Waals surface area contributed by atoms with Gasteiger partial charge in [0.05, 0.1) is 0 Å². The van der Waals surface area contributed by atoms with Crippen molar-refractivity contribution in [3.63, 3.8) is 0 Å². The molecule has 1 unspecified atom stereocenters. The van der Waals surface area contributed by atoms with Crippen LogP contribution in [-0.2, 0) is 6.54 Å². The largest absolute Gasteiger partial charge is 0.341 e. The van der Waals surface area contributed by atoms with E-state index in [0.717, 1.165) is 36.2 Å². The van der Waals surface area contributed by atoms with Crippen molar-refractivity contribution >= 4 is 5.95 Å². The van der Waals surface area contributed by atoms with E-state index in [1.807, 2.05) is 13.1 Å². The minimum Gasteiger partial charge on any atom is -0.341 e. The van der Waals surface area contributed by atoms with Gasteiger partial charge in [0.1, 0.15) is 0 Å². The van der Waals surface area contributed by atoms with E-state index in [4.69, 9.17) is 5.73 Å². The second kappa shape index (κ2) is 5.45. The summed E-state index contributed by atoms with van der Waals surface area (Å²) in [6.07, 6.45) is 5.72. The third-order valence-corrected chi connectivity index (χ3v) is 3.55. The summed E-state index contributed by atoms with van der Waals surface area (Å²) in [5.41, 5.74) is 7.67. The summed E-state index contributed by atoms with van der Waals surface area (Å²) in [4.78, 5) is 11.3. The van der Waals surface area contributed by atoms with Crippen LogP contribution in [0, 0.1) is 12.8 Å². The molecule has 1 aromatic heterocycles. The Morgan fingerprint density at radius 1 is 1.53 bits per heavy atom. The molecule has 1 fully saturated rings. The first-order chi connectivity index (χ1) is 8.24. The van der Waals surface area contributed by atoms with E-state index in [2.05, 4.69) is 21.8 Å². The summed E-state index contributed by atoms with van der Waals surface area (Å²) in [7, 11) is 0. The monoisotopic (exact) mass is 234 g/mol. The maximum Gasteiger partial charge on any atom is 0.225 e. The molecule has 2 heterocycles. The van der Waals surface area contributed by atoms with Crippen molar-refractivity contribution in [2.24, 2.45) is 11.7 Å². The van der Waals surface area contributed by atoms with Gasteiger partial charge in [-0.15, -0.1) is 0 Å². The minimum atomic E-state index is 0.518. The molecule has 0 radical (unpaired) electrons. The van der Waals surface area contributed by atoms with E-state index >= 15 is 0 Å². The fourth-order valence-electron chi connectivity index (χ4n) is 2.49. The number of hydrogen-bond donors (Lipinski definition) is 1. The minimum absolute atomic E-state index is 0.518. The summed E-state index contributed by atoms with van der Waals surface area (Å²) < 4.78 is 0. The van der Waals surface area contributed by atoms with Gasteiger partial charge in [-0.05, 0) is 25.7 Å². The lowest BCUT2D eigenvalue weighted by atomic mass is 10.0. The van der Waals surface area contributed by atoms with Gasteiger partial charge >= 0.3 is 0 Å². The van der Waals surface area contributed by atoms with Crippen molar-refractivity contribution < 1.29 is 0 Å². The molecule has 0 aliphatic carbocycles. The Balaban J connectivity index is 2.06. The molecule has 1 atom stereocenters. The first kappa shape index (κ1) is 12.3. The molecule has 0 bridgehead atoms. The zero-order valence-electron chi connectivity index (χ0n) is 10.8. The first-order valence-corrected chi connectivity index (χ1v) is 6.52. The van der Waals surface area contributed by atoms with Crippen LogP contribution in [0.3, 0.4) is 0 Å². The normalized spacial score (nSPS) is 19.9. The molecule has 94 valence electrons. The molecule has 2 N–H and O–H groups in total. The predicted molar refractivity (Wildman–Crippen MR) is 69.9 cm³/mol. The second-order valence-electron chi connectivity index (χ2n) is 4.87. The van der Waals surface area contributed by atoms with Crippen LogP contribution in [0.4, 0.5) is 5.95 Å². The number of nitrogens with two attached hydrogens (primary N) is 1. The lowest BCUT2D eigenvalue weighted by Gasteiger charge is -2.17. The third-order valence-electron chi connectivity index (χ3n) is 3.55. The first-order valence-electron chi connectivity index (χ1n) is 6.52.